The Morgan fingerprint density at radius 3 is 3.00 bits per heavy atom. The highest BCUT2D eigenvalue weighted by Gasteiger charge is 2.23. The molecule has 1 aromatic carbocycles. The summed E-state index contributed by atoms with van der Waals surface area (Å²) in [7, 11) is 3.49. The molecule has 29 heavy (non-hydrogen) atoms. The number of nitrogens with one attached hydrogen (secondary N) is 2. The Morgan fingerprint density at radius 2 is 2.24 bits per heavy atom. The van der Waals surface area contributed by atoms with Gasteiger partial charge in [0.05, 0.1) is 13.7 Å². The van der Waals surface area contributed by atoms with Crippen molar-refractivity contribution in [1.29, 1.82) is 0 Å². The van der Waals surface area contributed by atoms with Crippen LogP contribution in [0.5, 0.6) is 11.5 Å². The fourth-order valence-electron chi connectivity index (χ4n) is 3.93. The van der Waals surface area contributed by atoms with Gasteiger partial charge in [-0.1, -0.05) is 0 Å². The van der Waals surface area contributed by atoms with E-state index in [9.17, 15) is 0 Å². The van der Waals surface area contributed by atoms with Crippen LogP contribution in [0.25, 0.3) is 0 Å². The first kappa shape index (κ1) is 21.7. The normalized spacial score (nSPS) is 20.2. The number of aliphatic imine (C=N–C) groups is 1. The fraction of sp³-hybridized carbons (Fsp3) is 0.550. The zero-order valence-corrected chi connectivity index (χ0v) is 19.7. The molecule has 2 aliphatic rings. The average molecular weight is 512 g/mol. The lowest BCUT2D eigenvalue weighted by molar-refractivity contribution is 0.254. The predicted molar refractivity (Wildman–Crippen MR) is 122 cm³/mol. The molecule has 9 heteroatoms. The molecule has 0 bridgehead atoms. The van der Waals surface area contributed by atoms with E-state index in [1.165, 1.54) is 5.56 Å². The van der Waals surface area contributed by atoms with Crippen molar-refractivity contribution in [2.75, 3.05) is 14.2 Å². The van der Waals surface area contributed by atoms with Crippen LogP contribution in [0.15, 0.2) is 17.1 Å². The summed E-state index contributed by atoms with van der Waals surface area (Å²) in [5.74, 6) is 4.49. The highest BCUT2D eigenvalue weighted by molar-refractivity contribution is 14.0. The van der Waals surface area contributed by atoms with E-state index in [4.69, 9.17) is 9.47 Å². The first-order valence-electron chi connectivity index (χ1n) is 9.79. The van der Waals surface area contributed by atoms with E-state index in [-0.39, 0.29) is 36.1 Å². The topological polar surface area (TPSA) is 85.6 Å². The Labute approximate surface area is 188 Å². The number of hydrogen-bond donors (Lipinski definition) is 2. The summed E-state index contributed by atoms with van der Waals surface area (Å²) in [4.78, 5) is 8.84. The smallest absolute Gasteiger partial charge is 0.191 e. The number of methoxy groups -OCH3 is 1. The lowest BCUT2D eigenvalue weighted by atomic mass is 10.1. The molecule has 158 valence electrons. The molecule has 0 aliphatic carbocycles. The Morgan fingerprint density at radius 1 is 1.41 bits per heavy atom. The molecule has 4 rings (SSSR count). The lowest BCUT2D eigenvalue weighted by Crippen LogP contribution is -2.46. The van der Waals surface area contributed by atoms with Gasteiger partial charge in [0.1, 0.15) is 29.3 Å². The third-order valence-corrected chi connectivity index (χ3v) is 5.27. The number of ether oxygens (including phenoxy) is 2. The molecule has 0 radical (unpaired) electrons. The summed E-state index contributed by atoms with van der Waals surface area (Å²) in [5, 5.41) is 11.4. The fourth-order valence-corrected chi connectivity index (χ4v) is 3.93. The van der Waals surface area contributed by atoms with Crippen molar-refractivity contribution in [2.45, 2.75) is 58.3 Å². The summed E-state index contributed by atoms with van der Waals surface area (Å²) in [5.41, 5.74) is 2.26. The number of guanidine groups is 1. The van der Waals surface area contributed by atoms with Crippen LogP contribution in [0.4, 0.5) is 0 Å². The third-order valence-electron chi connectivity index (χ3n) is 5.27. The van der Waals surface area contributed by atoms with Crippen molar-refractivity contribution in [3.63, 3.8) is 0 Å². The molecule has 0 amide bonds. The largest absolute Gasteiger partial charge is 0.496 e. The van der Waals surface area contributed by atoms with Crippen LogP contribution in [-0.2, 0) is 25.9 Å². The van der Waals surface area contributed by atoms with Crippen LogP contribution in [0.1, 0.15) is 36.1 Å². The molecule has 0 saturated carbocycles. The lowest BCUT2D eigenvalue weighted by Gasteiger charge is -2.25. The quantitative estimate of drug-likeness (QED) is 0.372. The van der Waals surface area contributed by atoms with Crippen LogP contribution in [0.3, 0.4) is 0 Å². The van der Waals surface area contributed by atoms with Crippen molar-refractivity contribution in [3.05, 3.63) is 34.9 Å². The molecule has 2 aromatic rings. The van der Waals surface area contributed by atoms with E-state index in [0.717, 1.165) is 60.5 Å². The summed E-state index contributed by atoms with van der Waals surface area (Å²) in [6.07, 6.45) is 3.07. The summed E-state index contributed by atoms with van der Waals surface area (Å²) in [6.45, 7) is 5.42. The molecule has 2 atom stereocenters. The number of aryl methyl sites for hydroxylation is 2. The zero-order valence-electron chi connectivity index (χ0n) is 17.4. The van der Waals surface area contributed by atoms with Gasteiger partial charge < -0.3 is 20.1 Å². The second-order valence-electron chi connectivity index (χ2n) is 7.47. The molecule has 8 nitrogen and oxygen atoms in total. The van der Waals surface area contributed by atoms with Crippen LogP contribution in [0, 0.1) is 6.92 Å². The van der Waals surface area contributed by atoms with Gasteiger partial charge in [-0.2, -0.15) is 5.10 Å². The summed E-state index contributed by atoms with van der Waals surface area (Å²) in [6, 6.07) is 4.43. The maximum Gasteiger partial charge on any atom is 0.191 e. The first-order chi connectivity index (χ1) is 13.6. The Kier molecular flexibility index (Phi) is 6.86. The third kappa shape index (κ3) is 4.76. The van der Waals surface area contributed by atoms with Crippen molar-refractivity contribution >= 4 is 29.9 Å². The van der Waals surface area contributed by atoms with Crippen molar-refractivity contribution in [1.82, 2.24) is 25.4 Å². The van der Waals surface area contributed by atoms with Gasteiger partial charge in [0.15, 0.2) is 5.96 Å². The number of nitrogens with zero attached hydrogens (tertiary/aromatic N) is 4. The molecule has 1 aromatic heterocycles. The van der Waals surface area contributed by atoms with E-state index >= 15 is 0 Å². The minimum absolute atomic E-state index is 0. The monoisotopic (exact) mass is 512 g/mol. The van der Waals surface area contributed by atoms with Gasteiger partial charge in [-0.25, -0.2) is 9.67 Å². The molecule has 0 saturated heterocycles. The molecular weight excluding hydrogens is 483 g/mol. The van der Waals surface area contributed by atoms with E-state index in [1.54, 1.807) is 14.2 Å². The number of rotatable bonds is 4. The Hall–Kier alpha value is -2.04. The molecule has 3 heterocycles. The second kappa shape index (κ2) is 9.19. The number of benzene rings is 1. The van der Waals surface area contributed by atoms with Gasteiger partial charge in [-0.3, -0.25) is 4.99 Å². The maximum atomic E-state index is 5.89. The predicted octanol–water partition coefficient (Wildman–Crippen LogP) is 2.22. The molecule has 2 N–H and O–H groups in total. The number of hydrogen-bond acceptors (Lipinski definition) is 5. The van der Waals surface area contributed by atoms with E-state index in [0.29, 0.717) is 6.54 Å². The standard InChI is InChI=1S/C20H28N6O2.HI/c1-12-7-14-8-17(27-4)15(9-18(14)28-12)10-22-20(21-3)24-16-5-6-19-23-13(2)25-26(19)11-16;/h8-9,12,16H,5-7,10-11H2,1-4H3,(H2,21,22,24);1H. The molecule has 2 aliphatic heterocycles. The van der Waals surface area contributed by atoms with Gasteiger partial charge in [-0.05, 0) is 32.4 Å². The molecule has 2 unspecified atom stereocenters. The van der Waals surface area contributed by atoms with Crippen LogP contribution in [-0.4, -0.2) is 47.0 Å². The molecule has 0 fully saturated rings. The Bertz CT molecular complexity index is 897. The van der Waals surface area contributed by atoms with Gasteiger partial charge in [0, 0.05) is 43.6 Å². The number of fused-ring (bicyclic) bond motifs is 2. The van der Waals surface area contributed by atoms with Crippen LogP contribution >= 0.6 is 24.0 Å². The van der Waals surface area contributed by atoms with Gasteiger partial charge in [0.25, 0.3) is 0 Å². The van der Waals surface area contributed by atoms with Gasteiger partial charge in [0.2, 0.25) is 0 Å². The van der Waals surface area contributed by atoms with Crippen LogP contribution in [0.2, 0.25) is 0 Å². The van der Waals surface area contributed by atoms with Crippen LogP contribution < -0.4 is 20.1 Å². The summed E-state index contributed by atoms with van der Waals surface area (Å²) >= 11 is 0. The Balaban J connectivity index is 0.00000240. The minimum atomic E-state index is 0. The minimum Gasteiger partial charge on any atom is -0.496 e. The maximum absolute atomic E-state index is 5.89. The number of aromatic nitrogens is 3. The SMILES string of the molecule is CN=C(NCc1cc2c(cc1OC)CC(C)O2)NC1CCc2nc(C)nn2C1.I. The van der Waals surface area contributed by atoms with Crippen molar-refractivity contribution in [2.24, 2.45) is 4.99 Å². The number of halogens is 1. The second-order valence-corrected chi connectivity index (χ2v) is 7.47. The zero-order chi connectivity index (χ0) is 19.7. The van der Waals surface area contributed by atoms with E-state index < -0.39 is 0 Å². The molecule has 0 spiro atoms. The van der Waals surface area contributed by atoms with Gasteiger partial charge in [-0.15, -0.1) is 24.0 Å². The van der Waals surface area contributed by atoms with Gasteiger partial charge >= 0.3 is 0 Å². The van der Waals surface area contributed by atoms with E-state index in [1.807, 2.05) is 11.6 Å². The highest BCUT2D eigenvalue weighted by Crippen LogP contribution is 2.34. The van der Waals surface area contributed by atoms with E-state index in [2.05, 4.69) is 44.8 Å². The van der Waals surface area contributed by atoms with Crippen molar-refractivity contribution < 1.29 is 9.47 Å². The highest BCUT2D eigenvalue weighted by atomic mass is 127. The first-order valence-corrected chi connectivity index (χ1v) is 9.79. The summed E-state index contributed by atoms with van der Waals surface area (Å²) < 4.78 is 13.5. The molecular formula is C20H29IN6O2. The average Bonchev–Trinajstić information content (AvgIpc) is 3.23. The van der Waals surface area contributed by atoms with Crippen molar-refractivity contribution in [3.8, 4) is 11.5 Å².